The number of anilines is 1. The predicted molar refractivity (Wildman–Crippen MR) is 114 cm³/mol. The Morgan fingerprint density at radius 2 is 1.71 bits per heavy atom. The Morgan fingerprint density at radius 1 is 1.04 bits per heavy atom. The summed E-state index contributed by atoms with van der Waals surface area (Å²) in [4.78, 5) is 14.5. The minimum absolute atomic E-state index is 0.0847. The fourth-order valence-corrected chi connectivity index (χ4v) is 4.21. The Morgan fingerprint density at radius 3 is 2.32 bits per heavy atom. The second-order valence-corrected chi connectivity index (χ2v) is 9.11. The monoisotopic (exact) mass is 443 g/mol. The van der Waals surface area contributed by atoms with Gasteiger partial charge in [-0.1, -0.05) is 41.4 Å². The normalized spacial score (nSPS) is 11.5. The molecule has 1 N–H and O–H groups in total. The number of benzene rings is 2. The molecule has 0 heterocycles. The van der Waals surface area contributed by atoms with Crippen LogP contribution in [0.2, 0.25) is 10.0 Å². The van der Waals surface area contributed by atoms with Crippen molar-refractivity contribution in [1.82, 2.24) is 10.2 Å². The highest BCUT2D eigenvalue weighted by Crippen LogP contribution is 2.30. The maximum absolute atomic E-state index is 13.1. The van der Waals surface area contributed by atoms with Crippen LogP contribution in [-0.4, -0.2) is 53.0 Å². The summed E-state index contributed by atoms with van der Waals surface area (Å²) in [6.45, 7) is 0.911. The highest BCUT2D eigenvalue weighted by molar-refractivity contribution is 7.92. The molecule has 1 amide bonds. The number of hydrogen-bond donors (Lipinski definition) is 1. The van der Waals surface area contributed by atoms with Crippen molar-refractivity contribution in [3.05, 3.63) is 58.6 Å². The van der Waals surface area contributed by atoms with Gasteiger partial charge in [-0.05, 0) is 57.4 Å². The third-order valence-corrected chi connectivity index (χ3v) is 6.44. The highest BCUT2D eigenvalue weighted by Gasteiger charge is 2.27. The van der Waals surface area contributed by atoms with Gasteiger partial charge in [-0.2, -0.15) is 0 Å². The van der Waals surface area contributed by atoms with Gasteiger partial charge in [-0.3, -0.25) is 9.10 Å². The molecule has 6 nitrogen and oxygen atoms in total. The van der Waals surface area contributed by atoms with E-state index in [-0.39, 0.29) is 22.2 Å². The quantitative estimate of drug-likeness (QED) is 0.603. The standard InChI is InChI=1S/C19H23Cl2N3O3S/c1-23(2)12-6-11-22-19(25)14-24(15-9-10-17(20)18(21)13-15)28(26,27)16-7-4-3-5-8-16/h3-5,7-10,13H,6,11-12,14H2,1-2H3,(H,22,25). The summed E-state index contributed by atoms with van der Waals surface area (Å²) in [5, 5.41) is 3.27. The van der Waals surface area contributed by atoms with Gasteiger partial charge in [-0.25, -0.2) is 8.42 Å². The molecule has 0 unspecified atom stereocenters. The third kappa shape index (κ3) is 6.10. The molecule has 2 rings (SSSR count). The number of amides is 1. The van der Waals surface area contributed by atoms with Crippen LogP contribution in [0.3, 0.4) is 0 Å². The minimum atomic E-state index is -3.96. The van der Waals surface area contributed by atoms with Gasteiger partial charge in [0.25, 0.3) is 10.0 Å². The lowest BCUT2D eigenvalue weighted by Crippen LogP contribution is -2.41. The number of rotatable bonds is 9. The number of carbonyl (C=O) groups excluding carboxylic acids is 1. The average molecular weight is 444 g/mol. The number of hydrogen-bond acceptors (Lipinski definition) is 4. The summed E-state index contributed by atoms with van der Waals surface area (Å²) in [6.07, 6.45) is 0.761. The van der Waals surface area contributed by atoms with E-state index in [9.17, 15) is 13.2 Å². The van der Waals surface area contributed by atoms with Crippen LogP contribution in [0, 0.1) is 0 Å². The molecule has 2 aromatic carbocycles. The minimum Gasteiger partial charge on any atom is -0.354 e. The largest absolute Gasteiger partial charge is 0.354 e. The van der Waals surface area contributed by atoms with Gasteiger partial charge >= 0.3 is 0 Å². The first kappa shape index (κ1) is 22.5. The topological polar surface area (TPSA) is 69.7 Å². The third-order valence-electron chi connectivity index (χ3n) is 3.91. The number of sulfonamides is 1. The van der Waals surface area contributed by atoms with Crippen LogP contribution < -0.4 is 9.62 Å². The van der Waals surface area contributed by atoms with Gasteiger partial charge in [0.15, 0.2) is 0 Å². The van der Waals surface area contributed by atoms with E-state index in [1.54, 1.807) is 18.2 Å². The molecule has 0 saturated heterocycles. The molecule has 2 aromatic rings. The van der Waals surface area contributed by atoms with Crippen LogP contribution in [0.15, 0.2) is 53.4 Å². The molecule has 0 aromatic heterocycles. The second-order valence-electron chi connectivity index (χ2n) is 6.43. The molecule has 0 saturated carbocycles. The lowest BCUT2D eigenvalue weighted by atomic mass is 10.3. The van der Waals surface area contributed by atoms with Crippen LogP contribution >= 0.6 is 23.2 Å². The summed E-state index contributed by atoms with van der Waals surface area (Å²) in [5.74, 6) is -0.399. The molecule has 0 aliphatic rings. The van der Waals surface area contributed by atoms with Gasteiger partial charge < -0.3 is 10.2 Å². The fourth-order valence-electron chi connectivity index (χ4n) is 2.48. The van der Waals surface area contributed by atoms with E-state index in [0.717, 1.165) is 17.3 Å². The van der Waals surface area contributed by atoms with Crippen molar-refractivity contribution >= 4 is 44.8 Å². The second kappa shape index (κ2) is 10.1. The lowest BCUT2D eigenvalue weighted by Gasteiger charge is -2.24. The zero-order valence-corrected chi connectivity index (χ0v) is 18.1. The summed E-state index contributed by atoms with van der Waals surface area (Å²) in [7, 11) is -0.0709. The van der Waals surface area contributed by atoms with Gasteiger partial charge in [0, 0.05) is 6.54 Å². The maximum Gasteiger partial charge on any atom is 0.264 e. The van der Waals surface area contributed by atoms with Crippen molar-refractivity contribution in [1.29, 1.82) is 0 Å². The SMILES string of the molecule is CN(C)CCCNC(=O)CN(c1ccc(Cl)c(Cl)c1)S(=O)(=O)c1ccccc1. The fraction of sp³-hybridized carbons (Fsp3) is 0.316. The Kier molecular flexibility index (Phi) is 8.12. The van der Waals surface area contributed by atoms with Crippen LogP contribution in [0.5, 0.6) is 0 Å². The summed E-state index contributed by atoms with van der Waals surface area (Å²) in [6, 6.07) is 12.4. The van der Waals surface area contributed by atoms with E-state index < -0.39 is 15.9 Å². The van der Waals surface area contributed by atoms with E-state index in [1.807, 2.05) is 19.0 Å². The van der Waals surface area contributed by atoms with E-state index >= 15 is 0 Å². The molecule has 0 spiro atoms. The summed E-state index contributed by atoms with van der Waals surface area (Å²) >= 11 is 12.0. The van der Waals surface area contributed by atoms with Crippen molar-refractivity contribution in [3.8, 4) is 0 Å². The van der Waals surface area contributed by atoms with Crippen molar-refractivity contribution < 1.29 is 13.2 Å². The van der Waals surface area contributed by atoms with Crippen molar-refractivity contribution in [2.45, 2.75) is 11.3 Å². The predicted octanol–water partition coefficient (Wildman–Crippen LogP) is 3.26. The van der Waals surface area contributed by atoms with E-state index in [0.29, 0.717) is 11.6 Å². The van der Waals surface area contributed by atoms with E-state index in [4.69, 9.17) is 23.2 Å². The van der Waals surface area contributed by atoms with Gasteiger partial charge in [0.1, 0.15) is 6.54 Å². The van der Waals surface area contributed by atoms with Crippen molar-refractivity contribution in [3.63, 3.8) is 0 Å². The number of carbonyl (C=O) groups is 1. The number of nitrogens with one attached hydrogen (secondary N) is 1. The van der Waals surface area contributed by atoms with Gasteiger partial charge in [0.2, 0.25) is 5.91 Å². The molecular formula is C19H23Cl2N3O3S. The maximum atomic E-state index is 13.1. The van der Waals surface area contributed by atoms with Gasteiger partial charge in [0.05, 0.1) is 20.6 Å². The molecule has 28 heavy (non-hydrogen) atoms. The summed E-state index contributed by atoms with van der Waals surface area (Å²) in [5.41, 5.74) is 0.265. The Labute approximate surface area is 176 Å². The Bertz CT molecular complexity index is 906. The number of nitrogens with zero attached hydrogens (tertiary/aromatic N) is 2. The molecule has 0 radical (unpaired) electrons. The van der Waals surface area contributed by atoms with Crippen LogP contribution in [0.4, 0.5) is 5.69 Å². The highest BCUT2D eigenvalue weighted by atomic mass is 35.5. The van der Waals surface area contributed by atoms with Crippen LogP contribution in [0.1, 0.15) is 6.42 Å². The van der Waals surface area contributed by atoms with E-state index in [2.05, 4.69) is 5.32 Å². The average Bonchev–Trinajstić information content (AvgIpc) is 2.66. The van der Waals surface area contributed by atoms with Crippen molar-refractivity contribution in [2.75, 3.05) is 38.0 Å². The first-order valence-corrected chi connectivity index (χ1v) is 10.9. The molecular weight excluding hydrogens is 421 g/mol. The van der Waals surface area contributed by atoms with Crippen molar-refractivity contribution in [2.24, 2.45) is 0 Å². The molecule has 9 heteroatoms. The first-order chi connectivity index (χ1) is 13.2. The van der Waals surface area contributed by atoms with Crippen LogP contribution in [0.25, 0.3) is 0 Å². The lowest BCUT2D eigenvalue weighted by molar-refractivity contribution is -0.119. The zero-order chi connectivity index (χ0) is 20.7. The van der Waals surface area contributed by atoms with Crippen LogP contribution in [-0.2, 0) is 14.8 Å². The molecule has 0 bridgehead atoms. The Hall–Kier alpha value is -1.80. The smallest absolute Gasteiger partial charge is 0.264 e. The zero-order valence-electron chi connectivity index (χ0n) is 15.7. The first-order valence-electron chi connectivity index (χ1n) is 8.66. The van der Waals surface area contributed by atoms with Gasteiger partial charge in [-0.15, -0.1) is 0 Å². The summed E-state index contributed by atoms with van der Waals surface area (Å²) < 4.78 is 27.3. The molecule has 0 fully saturated rings. The molecule has 0 aliphatic carbocycles. The Balaban J connectivity index is 2.27. The number of halogens is 2. The van der Waals surface area contributed by atoms with E-state index in [1.165, 1.54) is 30.3 Å². The molecule has 152 valence electrons. The molecule has 0 aliphatic heterocycles. The molecule has 0 atom stereocenters.